The number of fused-ring (bicyclic) bond motifs is 1. The number of halogens is 1. The number of carboxylic acid groups (broad SMARTS) is 1. The van der Waals surface area contributed by atoms with Gasteiger partial charge in [0.2, 0.25) is 0 Å². The number of carboxylic acids is 1. The highest BCUT2D eigenvalue weighted by Crippen LogP contribution is 2.43. The molecule has 0 atom stereocenters. The smallest absolute Gasteiger partial charge is 0.337 e. The van der Waals surface area contributed by atoms with Crippen LogP contribution in [0.1, 0.15) is 42.1 Å². The van der Waals surface area contributed by atoms with E-state index in [-0.39, 0.29) is 11.5 Å². The highest BCUT2D eigenvalue weighted by atomic mass is 79.9. The Hall–Kier alpha value is -1.23. The first-order valence-electron chi connectivity index (χ1n) is 5.87. The Balaban J connectivity index is 2.69. The van der Waals surface area contributed by atoms with Gasteiger partial charge in [0.25, 0.3) is 0 Å². The first-order chi connectivity index (χ1) is 8.52. The zero-order valence-corrected chi connectivity index (χ0v) is 11.9. The summed E-state index contributed by atoms with van der Waals surface area (Å²) in [7, 11) is 0. The molecule has 0 spiro atoms. The van der Waals surface area contributed by atoms with Crippen molar-refractivity contribution in [3.8, 4) is 11.5 Å². The van der Waals surface area contributed by atoms with E-state index in [2.05, 4.69) is 15.9 Å². The lowest BCUT2D eigenvalue weighted by Crippen LogP contribution is -2.09. The normalized spacial score (nSPS) is 14.4. The van der Waals surface area contributed by atoms with Crippen molar-refractivity contribution in [3.63, 3.8) is 0 Å². The number of benzene rings is 1. The van der Waals surface area contributed by atoms with E-state index in [0.717, 1.165) is 6.42 Å². The molecule has 1 aliphatic rings. The molecule has 98 valence electrons. The fraction of sp³-hybridized carbons (Fsp3) is 0.462. The molecule has 1 aliphatic heterocycles. The molecule has 0 fully saturated rings. The molecule has 0 bridgehead atoms. The maximum atomic E-state index is 11.4. The Morgan fingerprint density at radius 2 is 2.06 bits per heavy atom. The molecule has 0 unspecified atom stereocenters. The van der Waals surface area contributed by atoms with Gasteiger partial charge >= 0.3 is 5.97 Å². The first kappa shape index (κ1) is 13.2. The Bertz CT molecular complexity index is 482. The van der Waals surface area contributed by atoms with Crippen LogP contribution in [0.3, 0.4) is 0 Å². The summed E-state index contributed by atoms with van der Waals surface area (Å²) in [6.45, 7) is 5.03. The number of carbonyl (C=O) groups is 1. The van der Waals surface area contributed by atoms with Gasteiger partial charge in [-0.3, -0.25) is 0 Å². The van der Waals surface area contributed by atoms with E-state index in [0.29, 0.717) is 34.7 Å². The van der Waals surface area contributed by atoms with Crippen molar-refractivity contribution in [2.45, 2.75) is 26.2 Å². The van der Waals surface area contributed by atoms with Crippen LogP contribution in [0.2, 0.25) is 0 Å². The number of ether oxygens (including phenoxy) is 2. The zero-order chi connectivity index (χ0) is 13.3. The predicted molar refractivity (Wildman–Crippen MR) is 70.8 cm³/mol. The molecule has 0 amide bonds. The van der Waals surface area contributed by atoms with Gasteiger partial charge in [0, 0.05) is 16.5 Å². The van der Waals surface area contributed by atoms with Crippen LogP contribution in [0.4, 0.5) is 0 Å². The fourth-order valence-corrected chi connectivity index (χ4v) is 2.66. The molecular weight excluding hydrogens is 300 g/mol. The van der Waals surface area contributed by atoms with Crippen molar-refractivity contribution in [1.82, 2.24) is 0 Å². The lowest BCUT2D eigenvalue weighted by molar-refractivity contribution is 0.0693. The fourth-order valence-electron chi connectivity index (χ4n) is 2.07. The molecule has 1 aromatic rings. The Labute approximate surface area is 114 Å². The lowest BCUT2D eigenvalue weighted by atomic mass is 9.95. The van der Waals surface area contributed by atoms with E-state index in [1.54, 1.807) is 6.07 Å². The van der Waals surface area contributed by atoms with Crippen LogP contribution in [0.15, 0.2) is 10.5 Å². The Morgan fingerprint density at radius 1 is 1.39 bits per heavy atom. The van der Waals surface area contributed by atoms with Gasteiger partial charge in [-0.2, -0.15) is 0 Å². The van der Waals surface area contributed by atoms with Gasteiger partial charge < -0.3 is 14.6 Å². The second-order valence-electron chi connectivity index (χ2n) is 4.48. The van der Waals surface area contributed by atoms with Crippen molar-refractivity contribution in [1.29, 1.82) is 0 Å². The van der Waals surface area contributed by atoms with Crippen molar-refractivity contribution in [2.24, 2.45) is 0 Å². The monoisotopic (exact) mass is 314 g/mol. The van der Waals surface area contributed by atoms with Gasteiger partial charge in [-0.25, -0.2) is 4.79 Å². The van der Waals surface area contributed by atoms with E-state index in [1.807, 2.05) is 13.8 Å². The molecule has 4 nitrogen and oxygen atoms in total. The van der Waals surface area contributed by atoms with Crippen molar-refractivity contribution in [2.75, 3.05) is 13.2 Å². The summed E-state index contributed by atoms with van der Waals surface area (Å²) < 4.78 is 11.8. The topological polar surface area (TPSA) is 55.8 Å². The molecule has 5 heteroatoms. The molecule has 0 radical (unpaired) electrons. The maximum absolute atomic E-state index is 11.4. The van der Waals surface area contributed by atoms with Crippen LogP contribution in [0, 0.1) is 0 Å². The van der Waals surface area contributed by atoms with E-state index >= 15 is 0 Å². The van der Waals surface area contributed by atoms with Gasteiger partial charge in [0.05, 0.1) is 18.8 Å². The molecule has 0 aliphatic carbocycles. The molecule has 2 rings (SSSR count). The van der Waals surface area contributed by atoms with Crippen molar-refractivity contribution in [3.05, 3.63) is 21.7 Å². The predicted octanol–water partition coefficient (Wildman–Crippen LogP) is 3.43. The Kier molecular flexibility index (Phi) is 3.80. The first-order valence-corrected chi connectivity index (χ1v) is 6.67. The minimum absolute atomic E-state index is 0.0454. The Morgan fingerprint density at radius 3 is 2.67 bits per heavy atom. The van der Waals surface area contributed by atoms with Crippen LogP contribution in [0.25, 0.3) is 0 Å². The molecule has 0 aromatic heterocycles. The van der Waals surface area contributed by atoms with E-state index < -0.39 is 5.97 Å². The van der Waals surface area contributed by atoms with Crippen molar-refractivity contribution < 1.29 is 19.4 Å². The third kappa shape index (κ3) is 2.32. The van der Waals surface area contributed by atoms with Crippen molar-refractivity contribution >= 4 is 21.9 Å². The second kappa shape index (κ2) is 5.18. The molecule has 0 saturated heterocycles. The SMILES string of the molecule is CC(C)c1c2c(cc(Br)c1C(=O)O)OCCCO2. The highest BCUT2D eigenvalue weighted by Gasteiger charge is 2.26. The van der Waals surface area contributed by atoms with Gasteiger partial charge in [-0.15, -0.1) is 0 Å². The van der Waals surface area contributed by atoms with Gasteiger partial charge in [-0.1, -0.05) is 13.8 Å². The van der Waals surface area contributed by atoms with E-state index in [9.17, 15) is 9.90 Å². The number of hydrogen-bond donors (Lipinski definition) is 1. The van der Waals surface area contributed by atoms with Crippen LogP contribution >= 0.6 is 15.9 Å². The maximum Gasteiger partial charge on any atom is 0.337 e. The summed E-state index contributed by atoms with van der Waals surface area (Å²) >= 11 is 3.30. The standard InChI is InChI=1S/C13H15BrO4/c1-7(2)10-11(13(15)16)8(14)6-9-12(10)18-5-3-4-17-9/h6-7H,3-5H2,1-2H3,(H,15,16). The van der Waals surface area contributed by atoms with Crippen LogP contribution < -0.4 is 9.47 Å². The lowest BCUT2D eigenvalue weighted by Gasteiger charge is -2.18. The largest absolute Gasteiger partial charge is 0.490 e. The number of aromatic carboxylic acids is 1. The minimum atomic E-state index is -0.957. The summed E-state index contributed by atoms with van der Waals surface area (Å²) in [6.07, 6.45) is 0.798. The average Bonchev–Trinajstić information content (AvgIpc) is 2.51. The molecule has 0 saturated carbocycles. The average molecular weight is 315 g/mol. The summed E-state index contributed by atoms with van der Waals surface area (Å²) in [5, 5.41) is 9.34. The summed E-state index contributed by atoms with van der Waals surface area (Å²) in [5.41, 5.74) is 0.947. The third-order valence-corrected chi connectivity index (χ3v) is 3.44. The molecule has 1 aromatic carbocycles. The quantitative estimate of drug-likeness (QED) is 0.908. The van der Waals surface area contributed by atoms with Crippen LogP contribution in [-0.2, 0) is 0 Å². The van der Waals surface area contributed by atoms with E-state index in [1.165, 1.54) is 0 Å². The minimum Gasteiger partial charge on any atom is -0.490 e. The summed E-state index contributed by atoms with van der Waals surface area (Å²) in [4.78, 5) is 11.4. The van der Waals surface area contributed by atoms with Crippen LogP contribution in [-0.4, -0.2) is 24.3 Å². The van der Waals surface area contributed by atoms with Crippen LogP contribution in [0.5, 0.6) is 11.5 Å². The molecule has 1 heterocycles. The third-order valence-electron chi connectivity index (χ3n) is 2.82. The number of hydrogen-bond acceptors (Lipinski definition) is 3. The molecule has 18 heavy (non-hydrogen) atoms. The molecular formula is C13H15BrO4. The number of rotatable bonds is 2. The zero-order valence-electron chi connectivity index (χ0n) is 10.3. The van der Waals surface area contributed by atoms with Gasteiger partial charge in [-0.05, 0) is 27.9 Å². The van der Waals surface area contributed by atoms with Gasteiger partial charge in [0.15, 0.2) is 11.5 Å². The summed E-state index contributed by atoms with van der Waals surface area (Å²) in [5.74, 6) is 0.279. The molecule has 1 N–H and O–H groups in total. The second-order valence-corrected chi connectivity index (χ2v) is 5.34. The van der Waals surface area contributed by atoms with Gasteiger partial charge in [0.1, 0.15) is 0 Å². The summed E-state index contributed by atoms with van der Waals surface area (Å²) in [6, 6.07) is 1.68. The van der Waals surface area contributed by atoms with E-state index in [4.69, 9.17) is 9.47 Å². The highest BCUT2D eigenvalue weighted by molar-refractivity contribution is 9.10.